The Morgan fingerprint density at radius 3 is 2.62 bits per heavy atom. The molecule has 0 saturated carbocycles. The predicted octanol–water partition coefficient (Wildman–Crippen LogP) is 0.817. The average molecular weight is 383 g/mol. The van der Waals surface area contributed by atoms with E-state index in [0.717, 1.165) is 0 Å². The molecule has 0 unspecified atom stereocenters. The van der Waals surface area contributed by atoms with Gasteiger partial charge in [0.1, 0.15) is 12.4 Å². The van der Waals surface area contributed by atoms with Crippen LogP contribution in [0.25, 0.3) is 0 Å². The molecule has 1 N–H and O–H groups in total. The van der Waals surface area contributed by atoms with Gasteiger partial charge in [0, 0.05) is 32.3 Å². The summed E-state index contributed by atoms with van der Waals surface area (Å²) in [7, 11) is -2.18. The van der Waals surface area contributed by atoms with Gasteiger partial charge in [0.25, 0.3) is 10.0 Å². The van der Waals surface area contributed by atoms with Crippen LogP contribution in [-0.2, 0) is 26.6 Å². The number of imidazole rings is 1. The van der Waals surface area contributed by atoms with Crippen LogP contribution in [0.3, 0.4) is 0 Å². The van der Waals surface area contributed by atoms with Crippen LogP contribution < -0.4 is 0 Å². The van der Waals surface area contributed by atoms with Crippen LogP contribution in [0.2, 0.25) is 0 Å². The lowest BCUT2D eigenvalue weighted by Gasteiger charge is -2.18. The number of carbonyl (C=O) groups is 1. The summed E-state index contributed by atoms with van der Waals surface area (Å²) in [5.74, 6) is -1.96. The van der Waals surface area contributed by atoms with Gasteiger partial charge in [-0.15, -0.1) is 0 Å². The van der Waals surface area contributed by atoms with Gasteiger partial charge in [-0.25, -0.2) is 22.6 Å². The number of hydrogen-bond donors (Lipinski definition) is 1. The number of nitrogens with zero attached hydrogens (tertiary/aromatic N) is 3. The molecule has 0 radical (unpaired) electrons. The molecule has 0 amide bonds. The Hall–Kier alpha value is -2.30. The summed E-state index contributed by atoms with van der Waals surface area (Å²) in [4.78, 5) is 14.7. The number of aromatic nitrogens is 2. The number of aliphatic carboxylic acids is 1. The van der Waals surface area contributed by atoms with E-state index in [1.807, 2.05) is 0 Å². The zero-order valence-corrected chi connectivity index (χ0v) is 14.8. The van der Waals surface area contributed by atoms with Crippen molar-refractivity contribution in [2.24, 2.45) is 7.05 Å². The molecule has 2 atom stereocenters. The SMILES string of the molecule is Cn1cnc(S(=O)(=O)N2C[C@H](OCC(=O)O)[C@@H](c3ccc(F)cc3)C2)c1. The molecule has 0 aliphatic carbocycles. The maximum Gasteiger partial charge on any atom is 0.329 e. The summed E-state index contributed by atoms with van der Waals surface area (Å²) in [5, 5.41) is 8.77. The van der Waals surface area contributed by atoms with Crippen LogP contribution in [0, 0.1) is 5.82 Å². The number of benzene rings is 1. The van der Waals surface area contributed by atoms with Crippen molar-refractivity contribution in [1.29, 1.82) is 0 Å². The highest BCUT2D eigenvalue weighted by Crippen LogP contribution is 2.33. The van der Waals surface area contributed by atoms with E-state index in [1.165, 1.54) is 33.5 Å². The molecule has 0 bridgehead atoms. The fourth-order valence-electron chi connectivity index (χ4n) is 2.97. The molecule has 1 saturated heterocycles. The smallest absolute Gasteiger partial charge is 0.329 e. The minimum atomic E-state index is -3.84. The maximum absolute atomic E-state index is 13.2. The molecule has 1 fully saturated rings. The zero-order valence-electron chi connectivity index (χ0n) is 13.9. The monoisotopic (exact) mass is 383 g/mol. The third-order valence-electron chi connectivity index (χ3n) is 4.24. The molecule has 2 heterocycles. The van der Waals surface area contributed by atoms with Gasteiger partial charge in [-0.1, -0.05) is 12.1 Å². The van der Waals surface area contributed by atoms with E-state index in [4.69, 9.17) is 9.84 Å². The summed E-state index contributed by atoms with van der Waals surface area (Å²) >= 11 is 0. The van der Waals surface area contributed by atoms with Crippen molar-refractivity contribution in [3.8, 4) is 0 Å². The summed E-state index contributed by atoms with van der Waals surface area (Å²) in [5.41, 5.74) is 0.681. The Kier molecular flexibility index (Phi) is 5.08. The lowest BCUT2D eigenvalue weighted by Crippen LogP contribution is -2.31. The number of rotatable bonds is 6. The minimum absolute atomic E-state index is 0.00572. The van der Waals surface area contributed by atoms with Gasteiger partial charge < -0.3 is 14.4 Å². The second kappa shape index (κ2) is 7.14. The van der Waals surface area contributed by atoms with Crippen molar-refractivity contribution in [2.45, 2.75) is 17.0 Å². The first-order valence-electron chi connectivity index (χ1n) is 7.84. The normalized spacial score (nSPS) is 21.2. The van der Waals surface area contributed by atoms with Gasteiger partial charge in [-0.3, -0.25) is 0 Å². The highest BCUT2D eigenvalue weighted by atomic mass is 32.2. The van der Waals surface area contributed by atoms with E-state index >= 15 is 0 Å². The first-order chi connectivity index (χ1) is 12.3. The van der Waals surface area contributed by atoms with Crippen LogP contribution >= 0.6 is 0 Å². The van der Waals surface area contributed by atoms with Gasteiger partial charge in [-0.2, -0.15) is 4.31 Å². The standard InChI is InChI=1S/C16H18FN3O5S/c1-19-8-15(18-10-19)26(23,24)20-6-13(11-2-4-12(17)5-3-11)14(7-20)25-9-16(21)22/h2-5,8,10,13-14H,6-7,9H2,1H3,(H,21,22)/t13-,14+/m1/s1. The van der Waals surface area contributed by atoms with Crippen molar-refractivity contribution in [3.05, 3.63) is 48.2 Å². The lowest BCUT2D eigenvalue weighted by atomic mass is 9.96. The molecule has 1 aliphatic rings. The summed E-state index contributed by atoms with van der Waals surface area (Å²) in [6, 6.07) is 5.65. The maximum atomic E-state index is 13.2. The minimum Gasteiger partial charge on any atom is -0.480 e. The second-order valence-corrected chi connectivity index (χ2v) is 7.99. The summed E-state index contributed by atoms with van der Waals surface area (Å²) in [6.45, 7) is -0.455. The molecule has 1 aromatic carbocycles. The third-order valence-corrected chi connectivity index (χ3v) is 5.95. The Morgan fingerprint density at radius 2 is 2.04 bits per heavy atom. The lowest BCUT2D eigenvalue weighted by molar-refractivity contribution is -0.144. The molecule has 0 spiro atoms. The predicted molar refractivity (Wildman–Crippen MR) is 88.5 cm³/mol. The van der Waals surface area contributed by atoms with Crippen LogP contribution in [-0.4, -0.2) is 59.2 Å². The van der Waals surface area contributed by atoms with Crippen LogP contribution in [0.4, 0.5) is 4.39 Å². The van der Waals surface area contributed by atoms with E-state index in [1.54, 1.807) is 19.2 Å². The molecular formula is C16H18FN3O5S. The van der Waals surface area contributed by atoms with Crippen molar-refractivity contribution in [1.82, 2.24) is 13.9 Å². The van der Waals surface area contributed by atoms with E-state index in [-0.39, 0.29) is 18.1 Å². The average Bonchev–Trinajstić information content (AvgIpc) is 3.21. The van der Waals surface area contributed by atoms with Gasteiger partial charge in [0.15, 0.2) is 5.03 Å². The number of sulfonamides is 1. The fraction of sp³-hybridized carbons (Fsp3) is 0.375. The van der Waals surface area contributed by atoms with E-state index in [2.05, 4.69) is 4.98 Å². The first kappa shape index (κ1) is 18.5. The van der Waals surface area contributed by atoms with Crippen LogP contribution in [0.5, 0.6) is 0 Å². The quantitative estimate of drug-likeness (QED) is 0.792. The molecule has 1 aliphatic heterocycles. The number of aryl methyl sites for hydroxylation is 1. The molecule has 2 aromatic rings. The highest BCUT2D eigenvalue weighted by molar-refractivity contribution is 7.89. The van der Waals surface area contributed by atoms with Gasteiger partial charge >= 0.3 is 5.97 Å². The van der Waals surface area contributed by atoms with Gasteiger partial charge in [-0.05, 0) is 17.7 Å². The Balaban J connectivity index is 1.87. The van der Waals surface area contributed by atoms with Crippen LogP contribution in [0.1, 0.15) is 11.5 Å². The van der Waals surface area contributed by atoms with E-state index in [0.29, 0.717) is 5.56 Å². The number of carboxylic acid groups (broad SMARTS) is 1. The number of hydrogen-bond acceptors (Lipinski definition) is 5. The van der Waals surface area contributed by atoms with Crippen molar-refractivity contribution in [3.63, 3.8) is 0 Å². The largest absolute Gasteiger partial charge is 0.480 e. The number of carboxylic acids is 1. The second-order valence-electron chi connectivity index (χ2n) is 6.10. The molecule has 8 nitrogen and oxygen atoms in total. The molecule has 10 heteroatoms. The van der Waals surface area contributed by atoms with E-state index < -0.39 is 40.4 Å². The van der Waals surface area contributed by atoms with E-state index in [9.17, 15) is 17.6 Å². The number of halogens is 1. The van der Waals surface area contributed by atoms with Crippen molar-refractivity contribution < 1.29 is 27.4 Å². The summed E-state index contributed by atoms with van der Waals surface area (Å²) < 4.78 is 46.9. The third kappa shape index (κ3) is 3.76. The Labute approximate surface area is 149 Å². The van der Waals surface area contributed by atoms with Crippen molar-refractivity contribution in [2.75, 3.05) is 19.7 Å². The number of ether oxygens (including phenoxy) is 1. The molecular weight excluding hydrogens is 365 g/mol. The van der Waals surface area contributed by atoms with Gasteiger partial charge in [0.05, 0.1) is 12.4 Å². The fourth-order valence-corrected chi connectivity index (χ4v) is 4.41. The molecule has 1 aromatic heterocycles. The molecule has 140 valence electrons. The molecule has 3 rings (SSSR count). The molecule has 26 heavy (non-hydrogen) atoms. The Bertz CT molecular complexity index is 897. The summed E-state index contributed by atoms with van der Waals surface area (Å²) in [6.07, 6.45) is 2.13. The first-order valence-corrected chi connectivity index (χ1v) is 9.28. The van der Waals surface area contributed by atoms with Crippen molar-refractivity contribution >= 4 is 16.0 Å². The Morgan fingerprint density at radius 1 is 1.35 bits per heavy atom. The highest BCUT2D eigenvalue weighted by Gasteiger charge is 2.41. The van der Waals surface area contributed by atoms with Gasteiger partial charge in [0.2, 0.25) is 0 Å². The zero-order chi connectivity index (χ0) is 18.9. The van der Waals surface area contributed by atoms with Crippen LogP contribution in [0.15, 0.2) is 41.8 Å². The topological polar surface area (TPSA) is 102 Å².